The monoisotopic (exact) mass is 196 g/mol. The second kappa shape index (κ2) is 5.60. The number of ether oxygens (including phenoxy) is 2. The van der Waals surface area contributed by atoms with E-state index < -0.39 is 0 Å². The van der Waals surface area contributed by atoms with E-state index in [0.717, 1.165) is 0 Å². The van der Waals surface area contributed by atoms with Gasteiger partial charge in [0.15, 0.2) is 0 Å². The van der Waals surface area contributed by atoms with Crippen molar-refractivity contribution in [2.45, 2.75) is 25.9 Å². The number of hydrogen-bond acceptors (Lipinski definition) is 3. The Morgan fingerprint density at radius 2 is 2.43 bits per heavy atom. The fourth-order valence-electron chi connectivity index (χ4n) is 1.02. The summed E-state index contributed by atoms with van der Waals surface area (Å²) in [6.07, 6.45) is 5.14. The van der Waals surface area contributed by atoms with Crippen molar-refractivity contribution < 1.29 is 14.3 Å². The summed E-state index contributed by atoms with van der Waals surface area (Å²) in [5, 5.41) is 0. The number of allylic oxidation sites excluding steroid dienone is 2. The number of esters is 1. The molecule has 0 aromatic rings. The summed E-state index contributed by atoms with van der Waals surface area (Å²) in [5.74, 6) is -0.232. The van der Waals surface area contributed by atoms with Crippen LogP contribution in [0.3, 0.4) is 0 Å². The van der Waals surface area contributed by atoms with Crippen molar-refractivity contribution in [3.63, 3.8) is 0 Å². The number of carbonyl (C=O) groups excluding carboxylic acids is 1. The van der Waals surface area contributed by atoms with Crippen molar-refractivity contribution in [2.24, 2.45) is 0 Å². The first-order valence-electron chi connectivity index (χ1n) is 4.86. The first kappa shape index (κ1) is 11.0. The third-order valence-corrected chi connectivity index (χ3v) is 1.98. The Morgan fingerprint density at radius 3 is 2.93 bits per heavy atom. The third kappa shape index (κ3) is 3.75. The first-order valence-corrected chi connectivity index (χ1v) is 4.86. The zero-order valence-corrected chi connectivity index (χ0v) is 8.49. The molecule has 0 amide bonds. The van der Waals surface area contributed by atoms with E-state index in [1.165, 1.54) is 0 Å². The normalized spacial score (nSPS) is 20.4. The van der Waals surface area contributed by atoms with Gasteiger partial charge in [0.25, 0.3) is 0 Å². The molecule has 1 aliphatic rings. The summed E-state index contributed by atoms with van der Waals surface area (Å²) < 4.78 is 9.99. The quantitative estimate of drug-likeness (QED) is 0.281. The van der Waals surface area contributed by atoms with E-state index in [1.54, 1.807) is 6.08 Å². The minimum Gasteiger partial charge on any atom is -0.459 e. The lowest BCUT2D eigenvalue weighted by atomic mass is 10.1. The Hall–Kier alpha value is -1.09. The van der Waals surface area contributed by atoms with E-state index in [2.05, 4.69) is 6.58 Å². The van der Waals surface area contributed by atoms with Crippen LogP contribution in [0.25, 0.3) is 0 Å². The summed E-state index contributed by atoms with van der Waals surface area (Å²) >= 11 is 0. The number of hydrogen-bond donors (Lipinski definition) is 0. The van der Waals surface area contributed by atoms with Gasteiger partial charge in [0.2, 0.25) is 0 Å². The maximum absolute atomic E-state index is 11.4. The van der Waals surface area contributed by atoms with Crippen LogP contribution in [0.5, 0.6) is 0 Å². The van der Waals surface area contributed by atoms with Crippen LogP contribution in [-0.2, 0) is 14.3 Å². The number of epoxide rings is 1. The van der Waals surface area contributed by atoms with Crippen LogP contribution in [0.15, 0.2) is 24.3 Å². The summed E-state index contributed by atoms with van der Waals surface area (Å²) in [4.78, 5) is 11.4. The van der Waals surface area contributed by atoms with Gasteiger partial charge in [-0.3, -0.25) is 0 Å². The van der Waals surface area contributed by atoms with Crippen molar-refractivity contribution in [1.29, 1.82) is 0 Å². The molecule has 0 spiro atoms. The zero-order valence-electron chi connectivity index (χ0n) is 8.49. The molecule has 0 aromatic heterocycles. The topological polar surface area (TPSA) is 38.8 Å². The second-order valence-electron chi connectivity index (χ2n) is 3.16. The SMILES string of the molecule is C=CCC=C(CC)C(=O)OCC1CO1. The standard InChI is InChI=1S/C11H16O3/c1-3-5-6-9(4-2)11(12)14-8-10-7-13-10/h3,6,10H,1,4-5,7-8H2,2H3. The van der Waals surface area contributed by atoms with Gasteiger partial charge >= 0.3 is 5.97 Å². The van der Waals surface area contributed by atoms with Crippen LogP contribution in [0.4, 0.5) is 0 Å². The fourth-order valence-corrected chi connectivity index (χ4v) is 1.02. The molecule has 3 nitrogen and oxygen atoms in total. The molecule has 1 unspecified atom stereocenters. The molecule has 1 heterocycles. The molecule has 1 atom stereocenters. The van der Waals surface area contributed by atoms with Gasteiger partial charge < -0.3 is 9.47 Å². The average Bonchev–Trinajstić information content (AvgIpc) is 2.99. The zero-order chi connectivity index (χ0) is 10.4. The lowest BCUT2D eigenvalue weighted by molar-refractivity contribution is -0.139. The molecule has 0 N–H and O–H groups in total. The molecule has 1 aliphatic heterocycles. The second-order valence-corrected chi connectivity index (χ2v) is 3.16. The van der Waals surface area contributed by atoms with Crippen molar-refractivity contribution in [1.82, 2.24) is 0 Å². The molecular formula is C11H16O3. The maximum atomic E-state index is 11.4. The Kier molecular flexibility index (Phi) is 4.40. The van der Waals surface area contributed by atoms with E-state index in [4.69, 9.17) is 9.47 Å². The summed E-state index contributed by atoms with van der Waals surface area (Å²) in [7, 11) is 0. The summed E-state index contributed by atoms with van der Waals surface area (Å²) in [5.41, 5.74) is 0.713. The molecule has 0 bridgehead atoms. The smallest absolute Gasteiger partial charge is 0.333 e. The van der Waals surface area contributed by atoms with Gasteiger partial charge in [0.05, 0.1) is 6.61 Å². The van der Waals surface area contributed by atoms with E-state index in [1.807, 2.05) is 13.0 Å². The highest BCUT2D eigenvalue weighted by atomic mass is 16.6. The molecule has 1 saturated heterocycles. The van der Waals surface area contributed by atoms with Crippen LogP contribution < -0.4 is 0 Å². The molecule has 78 valence electrons. The van der Waals surface area contributed by atoms with Crippen LogP contribution >= 0.6 is 0 Å². The molecule has 3 heteroatoms. The molecule has 1 fully saturated rings. The molecule has 1 rings (SSSR count). The number of rotatable bonds is 6. The van der Waals surface area contributed by atoms with Crippen molar-refractivity contribution in [2.75, 3.05) is 13.2 Å². The average molecular weight is 196 g/mol. The minimum atomic E-state index is -0.232. The van der Waals surface area contributed by atoms with E-state index in [9.17, 15) is 4.79 Å². The van der Waals surface area contributed by atoms with E-state index in [0.29, 0.717) is 31.6 Å². The van der Waals surface area contributed by atoms with Crippen LogP contribution in [0.2, 0.25) is 0 Å². The van der Waals surface area contributed by atoms with Gasteiger partial charge in [-0.15, -0.1) is 6.58 Å². The minimum absolute atomic E-state index is 0.136. The third-order valence-electron chi connectivity index (χ3n) is 1.98. The lowest BCUT2D eigenvalue weighted by Gasteiger charge is -2.04. The maximum Gasteiger partial charge on any atom is 0.333 e. The van der Waals surface area contributed by atoms with E-state index in [-0.39, 0.29) is 12.1 Å². The van der Waals surface area contributed by atoms with Crippen LogP contribution in [-0.4, -0.2) is 25.3 Å². The summed E-state index contributed by atoms with van der Waals surface area (Å²) in [6.45, 7) is 6.62. The van der Waals surface area contributed by atoms with Gasteiger partial charge in [-0.1, -0.05) is 19.1 Å². The molecule has 0 saturated carbocycles. The highest BCUT2D eigenvalue weighted by Crippen LogP contribution is 2.11. The highest BCUT2D eigenvalue weighted by molar-refractivity contribution is 5.88. The van der Waals surface area contributed by atoms with Crippen molar-refractivity contribution >= 4 is 5.97 Å². The first-order chi connectivity index (χ1) is 6.77. The Morgan fingerprint density at radius 1 is 1.71 bits per heavy atom. The fraction of sp³-hybridized carbons (Fsp3) is 0.545. The Balaban J connectivity index is 2.33. The van der Waals surface area contributed by atoms with Gasteiger partial charge in [-0.05, 0) is 12.8 Å². The predicted molar refractivity (Wildman–Crippen MR) is 53.9 cm³/mol. The predicted octanol–water partition coefficient (Wildman–Crippen LogP) is 1.84. The largest absolute Gasteiger partial charge is 0.459 e. The van der Waals surface area contributed by atoms with Crippen molar-refractivity contribution in [3.05, 3.63) is 24.3 Å². The van der Waals surface area contributed by atoms with Gasteiger partial charge in [-0.25, -0.2) is 4.79 Å². The Labute approximate surface area is 84.4 Å². The van der Waals surface area contributed by atoms with E-state index >= 15 is 0 Å². The molecule has 0 aromatic carbocycles. The molecular weight excluding hydrogens is 180 g/mol. The van der Waals surface area contributed by atoms with Crippen LogP contribution in [0, 0.1) is 0 Å². The Bertz CT molecular complexity index is 239. The number of carbonyl (C=O) groups is 1. The van der Waals surface area contributed by atoms with Gasteiger partial charge in [0, 0.05) is 5.57 Å². The lowest BCUT2D eigenvalue weighted by Crippen LogP contribution is -2.11. The molecule has 0 radical (unpaired) electrons. The highest BCUT2D eigenvalue weighted by Gasteiger charge is 2.24. The van der Waals surface area contributed by atoms with Gasteiger partial charge in [0.1, 0.15) is 12.7 Å². The molecule has 0 aliphatic carbocycles. The van der Waals surface area contributed by atoms with Crippen LogP contribution in [0.1, 0.15) is 19.8 Å². The molecule has 14 heavy (non-hydrogen) atoms. The summed E-state index contributed by atoms with van der Waals surface area (Å²) in [6, 6.07) is 0. The van der Waals surface area contributed by atoms with Crippen molar-refractivity contribution in [3.8, 4) is 0 Å². The van der Waals surface area contributed by atoms with Gasteiger partial charge in [-0.2, -0.15) is 0 Å².